The largest absolute Gasteiger partial charge is 0.314 e. The number of rotatable bonds is 6. The Balaban J connectivity index is 2.02. The van der Waals surface area contributed by atoms with Gasteiger partial charge in [0.15, 0.2) is 0 Å². The maximum absolute atomic E-state index is 10.3. The number of nitrogens with one attached hydrogen (secondary N) is 1. The summed E-state index contributed by atoms with van der Waals surface area (Å²) in [7, 11) is 0. The summed E-state index contributed by atoms with van der Waals surface area (Å²) in [4.78, 5) is 0. The molecule has 1 rings (SSSR count). The smallest absolute Gasteiger partial charge is 0.302 e. The van der Waals surface area contributed by atoms with Crippen LogP contribution in [0.2, 0.25) is 0 Å². The summed E-state index contributed by atoms with van der Waals surface area (Å²) in [5, 5.41) is 3.47. The predicted octanol–water partition coefficient (Wildman–Crippen LogP) is 1.84. The van der Waals surface area contributed by atoms with E-state index in [1.165, 1.54) is 32.1 Å². The van der Waals surface area contributed by atoms with Crippen LogP contribution in [0.25, 0.3) is 0 Å². The van der Waals surface area contributed by atoms with E-state index < -0.39 is 11.4 Å². The van der Waals surface area contributed by atoms with Crippen molar-refractivity contribution in [1.29, 1.82) is 0 Å². The Labute approximate surface area is 94.3 Å². The first-order valence-corrected chi connectivity index (χ1v) is 6.73. The van der Waals surface area contributed by atoms with Crippen LogP contribution in [0.1, 0.15) is 45.4 Å². The lowest BCUT2D eigenvalue weighted by atomic mass is 9.95. The molecule has 1 fully saturated rings. The zero-order chi connectivity index (χ0) is 11.1. The average Bonchev–Trinajstić information content (AvgIpc) is 2.18. The topological polar surface area (TPSA) is 58.6 Å². The summed E-state index contributed by atoms with van der Waals surface area (Å²) in [6, 6.07) is 0.644. The molecule has 1 saturated carbocycles. The lowest BCUT2D eigenvalue weighted by Gasteiger charge is -2.23. The molecule has 1 aliphatic rings. The van der Waals surface area contributed by atoms with E-state index in [4.69, 9.17) is 8.74 Å². The molecule has 0 aromatic rings. The Morgan fingerprint density at radius 1 is 1.47 bits per heavy atom. The highest BCUT2D eigenvalue weighted by atomic mass is 32.2. The Hall–Kier alpha value is 0.0300. The first-order chi connectivity index (χ1) is 7.18. The number of hydrogen-bond acceptors (Lipinski definition) is 3. The van der Waals surface area contributed by atoms with Crippen LogP contribution >= 0.6 is 0 Å². The zero-order valence-electron chi connectivity index (χ0n) is 9.28. The summed E-state index contributed by atoms with van der Waals surface area (Å²) in [6.07, 6.45) is 7.16. The molecule has 1 aliphatic carbocycles. The minimum Gasteiger partial charge on any atom is -0.314 e. The highest BCUT2D eigenvalue weighted by Crippen LogP contribution is 2.17. The highest BCUT2D eigenvalue weighted by Gasteiger charge is 2.13. The van der Waals surface area contributed by atoms with Gasteiger partial charge in [-0.3, -0.25) is 8.74 Å². The van der Waals surface area contributed by atoms with Gasteiger partial charge < -0.3 is 5.32 Å². The van der Waals surface area contributed by atoms with Gasteiger partial charge in [0.25, 0.3) is 0 Å². The lowest BCUT2D eigenvalue weighted by molar-refractivity contribution is 0.207. The summed E-state index contributed by atoms with van der Waals surface area (Å²) in [5.74, 6) is 0. The summed E-state index contributed by atoms with van der Waals surface area (Å²) in [5.41, 5.74) is 0. The fourth-order valence-electron chi connectivity index (χ4n) is 1.99. The van der Waals surface area contributed by atoms with Crippen LogP contribution in [0.15, 0.2) is 0 Å². The molecule has 0 saturated heterocycles. The number of hydrogen-bond donors (Lipinski definition) is 2. The van der Waals surface area contributed by atoms with Gasteiger partial charge in [-0.25, -0.2) is 0 Å². The van der Waals surface area contributed by atoms with E-state index in [9.17, 15) is 4.21 Å². The third-order valence-corrected chi connectivity index (χ3v) is 3.33. The minimum absolute atomic E-state index is 0.160. The molecule has 15 heavy (non-hydrogen) atoms. The second-order valence-electron chi connectivity index (χ2n) is 4.20. The molecule has 0 radical (unpaired) electrons. The van der Waals surface area contributed by atoms with Crippen LogP contribution in [0.4, 0.5) is 0 Å². The highest BCUT2D eigenvalue weighted by molar-refractivity contribution is 7.74. The SMILES string of the molecule is CC(CCNC1CCCCC1)OS(=O)O. The van der Waals surface area contributed by atoms with Gasteiger partial charge in [0.1, 0.15) is 0 Å². The van der Waals surface area contributed by atoms with Crippen molar-refractivity contribution < 1.29 is 12.9 Å². The molecule has 0 aliphatic heterocycles. The summed E-state index contributed by atoms with van der Waals surface area (Å²) >= 11 is -2.13. The third kappa shape index (κ3) is 6.25. The first kappa shape index (κ1) is 13.1. The molecule has 2 atom stereocenters. The van der Waals surface area contributed by atoms with Gasteiger partial charge in [-0.05, 0) is 32.7 Å². The van der Waals surface area contributed by atoms with Gasteiger partial charge in [-0.2, -0.15) is 4.21 Å². The quantitative estimate of drug-likeness (QED) is 0.690. The molecule has 2 unspecified atom stereocenters. The maximum atomic E-state index is 10.3. The average molecular weight is 235 g/mol. The van der Waals surface area contributed by atoms with Crippen LogP contribution in [0.5, 0.6) is 0 Å². The molecule has 0 heterocycles. The molecular weight excluding hydrogens is 214 g/mol. The zero-order valence-corrected chi connectivity index (χ0v) is 10.1. The Bertz CT molecular complexity index is 195. The van der Waals surface area contributed by atoms with Gasteiger partial charge in [0, 0.05) is 6.04 Å². The predicted molar refractivity (Wildman–Crippen MR) is 60.8 cm³/mol. The Kier molecular flexibility index (Phi) is 6.40. The van der Waals surface area contributed by atoms with E-state index in [1.807, 2.05) is 6.92 Å². The van der Waals surface area contributed by atoms with E-state index in [-0.39, 0.29) is 6.10 Å². The van der Waals surface area contributed by atoms with Crippen molar-refractivity contribution in [1.82, 2.24) is 5.32 Å². The van der Waals surface area contributed by atoms with Gasteiger partial charge in [0.05, 0.1) is 6.10 Å². The molecule has 0 aromatic carbocycles. The third-order valence-electron chi connectivity index (χ3n) is 2.84. The Morgan fingerprint density at radius 2 is 2.13 bits per heavy atom. The van der Waals surface area contributed by atoms with E-state index in [0.29, 0.717) is 6.04 Å². The standard InChI is InChI=1S/C10H21NO3S/c1-9(14-15(12)13)7-8-11-10-5-3-2-4-6-10/h9-11H,2-8H2,1H3,(H,12,13). The van der Waals surface area contributed by atoms with Crippen LogP contribution in [-0.2, 0) is 15.5 Å². The molecular formula is C10H21NO3S. The minimum atomic E-state index is -2.13. The van der Waals surface area contributed by atoms with Crippen molar-refractivity contribution in [3.63, 3.8) is 0 Å². The van der Waals surface area contributed by atoms with E-state index in [2.05, 4.69) is 5.32 Å². The van der Waals surface area contributed by atoms with Crippen molar-refractivity contribution in [2.24, 2.45) is 0 Å². The normalized spacial score (nSPS) is 22.5. The monoisotopic (exact) mass is 235 g/mol. The van der Waals surface area contributed by atoms with E-state index in [0.717, 1.165) is 13.0 Å². The van der Waals surface area contributed by atoms with Gasteiger partial charge in [-0.15, -0.1) is 0 Å². The van der Waals surface area contributed by atoms with Gasteiger partial charge in [0.2, 0.25) is 0 Å². The van der Waals surface area contributed by atoms with Crippen molar-refractivity contribution in [3.8, 4) is 0 Å². The van der Waals surface area contributed by atoms with E-state index >= 15 is 0 Å². The second kappa shape index (κ2) is 7.33. The molecule has 2 N–H and O–H groups in total. The fourth-order valence-corrected chi connectivity index (χ4v) is 2.36. The van der Waals surface area contributed by atoms with Crippen LogP contribution in [0, 0.1) is 0 Å². The van der Waals surface area contributed by atoms with Crippen molar-refractivity contribution >= 4 is 11.4 Å². The summed E-state index contributed by atoms with van der Waals surface area (Å²) in [6.45, 7) is 2.68. The van der Waals surface area contributed by atoms with Crippen molar-refractivity contribution in [3.05, 3.63) is 0 Å². The lowest BCUT2D eigenvalue weighted by Crippen LogP contribution is -2.33. The molecule has 0 bridgehead atoms. The van der Waals surface area contributed by atoms with Crippen LogP contribution in [-0.4, -0.2) is 27.5 Å². The molecule has 0 spiro atoms. The van der Waals surface area contributed by atoms with Crippen LogP contribution < -0.4 is 5.32 Å². The van der Waals surface area contributed by atoms with Crippen molar-refractivity contribution in [2.75, 3.05) is 6.54 Å². The van der Waals surface area contributed by atoms with Crippen LogP contribution in [0.3, 0.4) is 0 Å². The Morgan fingerprint density at radius 3 is 2.73 bits per heavy atom. The fraction of sp³-hybridized carbons (Fsp3) is 1.00. The van der Waals surface area contributed by atoms with Crippen molar-refractivity contribution in [2.45, 2.75) is 57.6 Å². The summed E-state index contributed by atoms with van der Waals surface area (Å²) < 4.78 is 23.6. The van der Waals surface area contributed by atoms with Gasteiger partial charge >= 0.3 is 11.4 Å². The first-order valence-electron chi connectivity index (χ1n) is 5.70. The molecule has 90 valence electrons. The molecule has 5 heteroatoms. The molecule has 4 nitrogen and oxygen atoms in total. The maximum Gasteiger partial charge on any atom is 0.302 e. The van der Waals surface area contributed by atoms with E-state index in [1.54, 1.807) is 0 Å². The molecule has 0 aromatic heterocycles. The molecule has 0 amide bonds. The second-order valence-corrected chi connectivity index (χ2v) is 4.83. The van der Waals surface area contributed by atoms with Gasteiger partial charge in [-0.1, -0.05) is 19.3 Å².